The van der Waals surface area contributed by atoms with Crippen LogP contribution in [0.5, 0.6) is 0 Å². The standard InChI is InChI=1S/C60H74N12O6S/c1-8-69-47-23-20-37-30-42(47)51-52(56(77-7)53-43(55(51)69)32-41(34-61-53)68-28-26-67(27-29-68)39-21-22-39)60(4,5)35-78-72(76)49-19-13-25-71(65-49)58(74)46(31-38-14-11-17-44(37)62-38)64-57(73)54(36(2)3)66(6)59(75)70-24-12-15-40(70)33-50-63-45-16-9-10-18-48(45)79-50/h9-11,14,16-18,20,23,30,32,34,36,39-40,46,49,52,54,56,65H,8,12-13,15,19,21-22,24-29,31,33,35H2,1-7H3/p+1/t40-,46+,49-,52?,54+,56+/m1/s1. The number of methoxy groups -OCH3 is 1. The number of carbonyl (C=O) groups excluding carboxylic acids is 3. The van der Waals surface area contributed by atoms with E-state index in [1.807, 2.05) is 61.3 Å². The molecule has 2 aliphatic carbocycles. The second kappa shape index (κ2) is 21.5. The van der Waals surface area contributed by atoms with Crippen molar-refractivity contribution >= 4 is 56.0 Å². The van der Waals surface area contributed by atoms with Crippen LogP contribution < -0.4 is 15.6 Å². The summed E-state index contributed by atoms with van der Waals surface area (Å²) in [4.78, 5) is 89.6. The van der Waals surface area contributed by atoms with Crippen molar-refractivity contribution in [2.24, 2.45) is 11.3 Å². The fraction of sp³-hybridized carbons (Fsp3) is 0.533. The summed E-state index contributed by atoms with van der Waals surface area (Å²) in [5.74, 6) is -1.48. The number of hydrogen-bond donors (Lipinski definition) is 2. The molecule has 1 unspecified atom stereocenters. The molecule has 6 aliphatic rings. The number of para-hydroxylation sites is 1. The molecular formula is C60H75N12O6S+. The van der Waals surface area contributed by atoms with Crippen LogP contribution in [0.25, 0.3) is 43.6 Å². The van der Waals surface area contributed by atoms with Gasteiger partial charge in [-0.1, -0.05) is 52.0 Å². The van der Waals surface area contributed by atoms with Crippen molar-refractivity contribution in [2.75, 3.05) is 64.9 Å². The molecule has 4 aromatic heterocycles. The van der Waals surface area contributed by atoms with Crippen LogP contribution in [0, 0.1) is 16.2 Å². The summed E-state index contributed by atoms with van der Waals surface area (Å²) in [6, 6.07) is 21.1. The Morgan fingerprint density at radius 2 is 1.77 bits per heavy atom. The first kappa shape index (κ1) is 53.1. The van der Waals surface area contributed by atoms with E-state index in [0.717, 1.165) is 111 Å². The number of benzene rings is 2. The fourth-order valence-electron chi connectivity index (χ4n) is 13.5. The number of urea groups is 1. The van der Waals surface area contributed by atoms with E-state index in [-0.39, 0.29) is 36.9 Å². The topological polar surface area (TPSA) is 174 Å². The van der Waals surface area contributed by atoms with Crippen LogP contribution in [0.1, 0.15) is 107 Å². The predicted octanol–water partition coefficient (Wildman–Crippen LogP) is 8.48. The number of piperazine rings is 1. The molecule has 4 fully saturated rings. The number of carbonyl (C=O) groups is 3. The van der Waals surface area contributed by atoms with Crippen molar-refractivity contribution in [3.63, 3.8) is 0 Å². The van der Waals surface area contributed by atoms with Crippen LogP contribution in [-0.4, -0.2) is 152 Å². The number of nitrogens with zero attached hydrogens (tertiary/aromatic N) is 10. The maximum atomic E-state index is 15.0. The summed E-state index contributed by atoms with van der Waals surface area (Å²) in [5, 5.41) is 6.59. The molecule has 6 bridgehead atoms. The highest BCUT2D eigenvalue weighted by Gasteiger charge is 2.50. The summed E-state index contributed by atoms with van der Waals surface area (Å²) < 4.78 is 10.1. The van der Waals surface area contributed by atoms with Crippen LogP contribution >= 0.6 is 11.3 Å². The lowest BCUT2D eigenvalue weighted by molar-refractivity contribution is -0.835. The van der Waals surface area contributed by atoms with Gasteiger partial charge in [0.2, 0.25) is 10.8 Å². The van der Waals surface area contributed by atoms with Crippen LogP contribution in [0.4, 0.5) is 10.5 Å². The van der Waals surface area contributed by atoms with Crippen LogP contribution in [0.3, 0.4) is 0 Å². The molecular weight excluding hydrogens is 1020 g/mol. The summed E-state index contributed by atoms with van der Waals surface area (Å²) in [6.45, 7) is 15.9. The smallest absolute Gasteiger partial charge is 0.326 e. The Morgan fingerprint density at radius 1 is 0.975 bits per heavy atom. The number of hydrogen-bond acceptors (Lipinski definition) is 13. The largest absolute Gasteiger partial charge is 0.374 e. The molecule has 6 aromatic rings. The SMILES string of the molecule is CCn1c2c3c4cc(ccc41)-c1cccc(n1)C[C@H](NC(=O)[C@H](C(C)C)N(C)C(=O)N1CCC[C@@H]1Cc1nc4ccccc4s1)C(=O)N1CCC[C@H](N1)[N+](=O)OCC(C)(C)C3[C@H](OC)c1ncc(N3CCN(C4CC4)CC3)cc1-2. The third-order valence-electron chi connectivity index (χ3n) is 17.7. The minimum Gasteiger partial charge on any atom is -0.374 e. The molecule has 2 N–H and O–H groups in total. The molecule has 416 valence electrons. The van der Waals surface area contributed by atoms with Crippen molar-refractivity contribution in [1.29, 1.82) is 0 Å². The highest BCUT2D eigenvalue weighted by Crippen LogP contribution is 2.57. The van der Waals surface area contributed by atoms with Gasteiger partial charge in [-0.25, -0.2) is 14.6 Å². The molecule has 2 aromatic carbocycles. The number of thiazole rings is 1. The number of aryl methyl sites for hydroxylation is 1. The Hall–Kier alpha value is -6.54. The Balaban J connectivity index is 0.885. The number of rotatable bonds is 10. The van der Waals surface area contributed by atoms with Gasteiger partial charge in [-0.15, -0.1) is 11.3 Å². The number of nitrogens with one attached hydrogen (secondary N) is 2. The van der Waals surface area contributed by atoms with Gasteiger partial charge in [0.25, 0.3) is 5.91 Å². The number of anilines is 1. The van der Waals surface area contributed by atoms with Crippen molar-refractivity contribution < 1.29 is 28.9 Å². The molecule has 18 nitrogen and oxygen atoms in total. The zero-order chi connectivity index (χ0) is 54.9. The first-order valence-electron chi connectivity index (χ1n) is 28.7. The van der Waals surface area contributed by atoms with Crippen LogP contribution in [0.15, 0.2) is 72.9 Å². The van der Waals surface area contributed by atoms with Crippen molar-refractivity contribution in [3.8, 4) is 22.5 Å². The molecule has 1 saturated carbocycles. The quantitative estimate of drug-likeness (QED) is 0.134. The van der Waals surface area contributed by atoms with Gasteiger partial charge in [0.05, 0.1) is 49.1 Å². The highest BCUT2D eigenvalue weighted by molar-refractivity contribution is 7.18. The number of aromatic nitrogens is 4. The first-order chi connectivity index (χ1) is 38.2. The number of likely N-dealkylation sites (N-methyl/N-ethyl adjacent to an activating group) is 1. The number of likely N-dealkylation sites (tertiary alicyclic amines) is 1. The second-order valence-corrected chi connectivity index (χ2v) is 24.8. The summed E-state index contributed by atoms with van der Waals surface area (Å²) in [7, 11) is 3.43. The van der Waals surface area contributed by atoms with E-state index in [2.05, 4.69) is 76.2 Å². The number of pyridine rings is 2. The lowest BCUT2D eigenvalue weighted by Gasteiger charge is -2.42. The monoisotopic (exact) mass is 1090 g/mol. The van der Waals surface area contributed by atoms with Gasteiger partial charge in [0.1, 0.15) is 18.2 Å². The molecule has 79 heavy (non-hydrogen) atoms. The lowest BCUT2D eigenvalue weighted by atomic mass is 9.67. The molecule has 0 radical (unpaired) electrons. The number of ether oxygens (including phenoxy) is 1. The lowest BCUT2D eigenvalue weighted by Crippen LogP contribution is -2.62. The van der Waals surface area contributed by atoms with Crippen molar-refractivity contribution in [2.45, 2.75) is 135 Å². The Labute approximate surface area is 466 Å². The highest BCUT2D eigenvalue weighted by atomic mass is 32.1. The van der Waals surface area contributed by atoms with Gasteiger partial charge in [-0.3, -0.25) is 29.5 Å². The third kappa shape index (κ3) is 10.0. The van der Waals surface area contributed by atoms with Gasteiger partial charge in [-0.2, -0.15) is 5.43 Å². The van der Waals surface area contributed by atoms with E-state index in [1.165, 1.54) is 22.8 Å². The van der Waals surface area contributed by atoms with E-state index in [1.54, 1.807) is 25.5 Å². The minimum atomic E-state index is -1.11. The fourth-order valence-corrected chi connectivity index (χ4v) is 14.6. The van der Waals surface area contributed by atoms with Crippen molar-refractivity contribution in [1.82, 2.24) is 50.0 Å². The van der Waals surface area contributed by atoms with Crippen molar-refractivity contribution in [3.05, 3.63) is 99.8 Å². The second-order valence-electron chi connectivity index (χ2n) is 23.7. The number of fused-ring (bicyclic) bond motifs is 9. The van der Waals surface area contributed by atoms with E-state index in [9.17, 15) is 14.5 Å². The Kier molecular flexibility index (Phi) is 14.5. The van der Waals surface area contributed by atoms with Gasteiger partial charge >= 0.3 is 12.2 Å². The molecule has 4 aliphatic heterocycles. The Bertz CT molecular complexity index is 3280. The molecule has 19 heteroatoms. The maximum absolute atomic E-state index is 15.0. The normalized spacial score (nSPS) is 23.9. The molecule has 6 atom stereocenters. The Morgan fingerprint density at radius 3 is 2.53 bits per heavy atom. The van der Waals surface area contributed by atoms with E-state index in [4.69, 9.17) is 24.5 Å². The summed E-state index contributed by atoms with van der Waals surface area (Å²) >= 11 is 1.65. The molecule has 12 rings (SSSR count). The van der Waals surface area contributed by atoms with Crippen LogP contribution in [-0.2, 0) is 38.5 Å². The number of hydrazine groups is 1. The van der Waals surface area contributed by atoms with Gasteiger partial charge < -0.3 is 29.3 Å². The molecule has 4 amide bonds. The zero-order valence-electron chi connectivity index (χ0n) is 46.7. The molecule has 3 saturated heterocycles. The van der Waals surface area contributed by atoms with E-state index in [0.29, 0.717) is 49.5 Å². The van der Waals surface area contributed by atoms with Gasteiger partial charge in [-0.05, 0) is 93.0 Å². The van der Waals surface area contributed by atoms with Gasteiger partial charge in [0, 0.05) is 130 Å². The van der Waals surface area contributed by atoms with Crippen LogP contribution in [0.2, 0.25) is 0 Å². The van der Waals surface area contributed by atoms with E-state index >= 15 is 4.79 Å². The maximum Gasteiger partial charge on any atom is 0.326 e. The average molecular weight is 1090 g/mol. The zero-order valence-corrected chi connectivity index (χ0v) is 47.5. The average Bonchev–Trinajstić information content (AvgIpc) is 4.13. The first-order valence-corrected chi connectivity index (χ1v) is 29.5. The third-order valence-corrected chi connectivity index (χ3v) is 18.7. The summed E-state index contributed by atoms with van der Waals surface area (Å²) in [5.41, 5.74) is 11.9. The molecule has 0 spiro atoms. The predicted molar refractivity (Wildman–Crippen MR) is 305 cm³/mol. The summed E-state index contributed by atoms with van der Waals surface area (Å²) in [6.07, 6.45) is 6.56. The minimum absolute atomic E-state index is 0.0367. The van der Waals surface area contributed by atoms with Gasteiger partial charge in [0.15, 0.2) is 6.61 Å². The van der Waals surface area contributed by atoms with E-state index < -0.39 is 41.6 Å². The number of amides is 4. The molecule has 8 heterocycles.